The van der Waals surface area contributed by atoms with E-state index >= 15 is 0 Å². The van der Waals surface area contributed by atoms with Gasteiger partial charge in [-0.05, 0) is 59.7 Å². The first-order valence-corrected chi connectivity index (χ1v) is 9.84. The Morgan fingerprint density at radius 2 is 1.67 bits per heavy atom. The summed E-state index contributed by atoms with van der Waals surface area (Å²) in [6.07, 6.45) is 22.0. The number of hydrogen-bond donors (Lipinski definition) is 0. The average molecular weight is 413 g/mol. The van der Waals surface area contributed by atoms with Crippen LogP contribution in [0.3, 0.4) is 0 Å². The highest BCUT2D eigenvalue weighted by Gasteiger charge is 2.44. The van der Waals surface area contributed by atoms with Crippen molar-refractivity contribution < 1.29 is 4.74 Å². The van der Waals surface area contributed by atoms with E-state index in [0.717, 1.165) is 33.4 Å². The second-order valence-electron chi connectivity index (χ2n) is 6.78. The number of halogens is 1. The highest BCUT2D eigenvalue weighted by atomic mass is 79.9. The molecule has 2 aromatic rings. The molecule has 0 radical (unpaired) electrons. The Morgan fingerprint density at radius 1 is 0.889 bits per heavy atom. The van der Waals surface area contributed by atoms with E-state index in [-0.39, 0.29) is 0 Å². The maximum absolute atomic E-state index is 6.58. The molecule has 0 saturated heterocycles. The number of rotatable bonds is 0. The van der Waals surface area contributed by atoms with Gasteiger partial charge in [0.25, 0.3) is 0 Å². The van der Waals surface area contributed by atoms with E-state index in [9.17, 15) is 0 Å². The van der Waals surface area contributed by atoms with Crippen LogP contribution in [-0.2, 0) is 0 Å². The lowest BCUT2D eigenvalue weighted by molar-refractivity contribution is 0.192. The van der Waals surface area contributed by atoms with Gasteiger partial charge in [-0.1, -0.05) is 64.5 Å². The van der Waals surface area contributed by atoms with Gasteiger partial charge in [0, 0.05) is 21.2 Å². The normalized spacial score (nSPS) is 23.6. The molecule has 0 N–H and O–H groups in total. The van der Waals surface area contributed by atoms with E-state index in [1.54, 1.807) is 0 Å². The van der Waals surface area contributed by atoms with E-state index in [0.29, 0.717) is 0 Å². The first-order chi connectivity index (χ1) is 13.3. The zero-order chi connectivity index (χ0) is 18.3. The smallest absolute Gasteiger partial charge is 0.192 e. The number of ether oxygens (including phenoxy) is 1. The van der Waals surface area contributed by atoms with Gasteiger partial charge in [0.05, 0.1) is 0 Å². The maximum atomic E-state index is 6.58. The fourth-order valence-electron chi connectivity index (χ4n) is 3.70. The van der Waals surface area contributed by atoms with Gasteiger partial charge in [0.15, 0.2) is 5.60 Å². The lowest BCUT2D eigenvalue weighted by Gasteiger charge is -2.40. The van der Waals surface area contributed by atoms with Crippen LogP contribution in [-0.4, -0.2) is 5.60 Å². The lowest BCUT2D eigenvalue weighted by Crippen LogP contribution is -2.42. The van der Waals surface area contributed by atoms with Crippen LogP contribution in [0.4, 0.5) is 0 Å². The van der Waals surface area contributed by atoms with E-state index in [4.69, 9.17) is 4.74 Å². The molecule has 1 nitrogen and oxygen atoms in total. The molecule has 1 heterocycles. The minimum Gasteiger partial charge on any atom is -0.472 e. The van der Waals surface area contributed by atoms with Gasteiger partial charge in [-0.2, -0.15) is 0 Å². The zero-order valence-electron chi connectivity index (χ0n) is 14.7. The second-order valence-corrected chi connectivity index (χ2v) is 7.69. The number of fused-ring (bicyclic) bond motifs is 5. The number of benzene rings is 2. The van der Waals surface area contributed by atoms with Crippen LogP contribution in [0.2, 0.25) is 0 Å². The molecule has 0 atom stereocenters. The van der Waals surface area contributed by atoms with Gasteiger partial charge in [-0.15, -0.1) is 5.73 Å². The number of hydrogen-bond acceptors (Lipinski definition) is 1. The standard InChI is InChI=1S/C25H17BrO/c26-21-11-12-22-18(16-21)10-13-24-23(22)14-15-25(27-24)19-8-6-4-2-1-3-5-7-9-20(25)17-19/h2-16H,1H2/b4-2-,5-3-,8-6-,9-7-. The van der Waals surface area contributed by atoms with Crippen molar-refractivity contribution in [2.45, 2.75) is 12.0 Å². The fraction of sp³-hybridized carbons (Fsp3) is 0.0800. The molecule has 0 saturated carbocycles. The van der Waals surface area contributed by atoms with E-state index < -0.39 is 5.60 Å². The van der Waals surface area contributed by atoms with Gasteiger partial charge in [0.1, 0.15) is 5.75 Å². The summed E-state index contributed by atoms with van der Waals surface area (Å²) in [4.78, 5) is 0. The summed E-state index contributed by atoms with van der Waals surface area (Å²) in [5.41, 5.74) is 6.12. The molecule has 0 fully saturated rings. The van der Waals surface area contributed by atoms with Crippen LogP contribution in [0.1, 0.15) is 12.0 Å². The van der Waals surface area contributed by atoms with Crippen molar-refractivity contribution in [3.05, 3.63) is 112 Å². The summed E-state index contributed by atoms with van der Waals surface area (Å²) < 4.78 is 7.66. The average Bonchev–Trinajstić information content (AvgIpc) is 2.67. The Bertz CT molecular complexity index is 1130. The fourth-order valence-corrected chi connectivity index (χ4v) is 4.08. The highest BCUT2D eigenvalue weighted by molar-refractivity contribution is 9.10. The molecule has 2 bridgehead atoms. The van der Waals surface area contributed by atoms with E-state index in [1.165, 1.54) is 10.8 Å². The topological polar surface area (TPSA) is 9.23 Å². The van der Waals surface area contributed by atoms with E-state index in [2.05, 4.69) is 113 Å². The van der Waals surface area contributed by atoms with Crippen LogP contribution in [0.5, 0.6) is 5.75 Å². The van der Waals surface area contributed by atoms with Gasteiger partial charge < -0.3 is 4.74 Å². The summed E-state index contributed by atoms with van der Waals surface area (Å²) >= 11 is 3.55. The maximum Gasteiger partial charge on any atom is 0.192 e. The third-order valence-corrected chi connectivity index (χ3v) is 5.59. The van der Waals surface area contributed by atoms with Crippen molar-refractivity contribution >= 4 is 32.8 Å². The molecule has 0 amide bonds. The van der Waals surface area contributed by atoms with E-state index in [1.807, 2.05) is 0 Å². The molecule has 2 heteroatoms. The Morgan fingerprint density at radius 3 is 2.44 bits per heavy atom. The summed E-state index contributed by atoms with van der Waals surface area (Å²) in [6.45, 7) is 0. The molecule has 3 aliphatic rings. The SMILES string of the molecule is Brc1ccc2c3c(ccc2c1)OC1(C=C3)C2=C=C1/C=C\C=C/C/C=C\C=C/2. The van der Waals surface area contributed by atoms with Crippen LogP contribution >= 0.6 is 15.9 Å². The van der Waals surface area contributed by atoms with Gasteiger partial charge in [-0.3, -0.25) is 0 Å². The minimum atomic E-state index is -0.552. The van der Waals surface area contributed by atoms with Crippen molar-refractivity contribution in [2.75, 3.05) is 0 Å². The molecule has 2 aromatic carbocycles. The summed E-state index contributed by atoms with van der Waals surface area (Å²) in [7, 11) is 0. The highest BCUT2D eigenvalue weighted by Crippen LogP contribution is 2.46. The van der Waals surface area contributed by atoms with Crippen LogP contribution in [0.25, 0.3) is 16.8 Å². The third-order valence-electron chi connectivity index (χ3n) is 5.10. The van der Waals surface area contributed by atoms with Crippen LogP contribution < -0.4 is 4.74 Å². The summed E-state index contributed by atoms with van der Waals surface area (Å²) in [5.74, 6) is 0.906. The molecule has 27 heavy (non-hydrogen) atoms. The first-order valence-electron chi connectivity index (χ1n) is 9.05. The zero-order valence-corrected chi connectivity index (χ0v) is 16.2. The van der Waals surface area contributed by atoms with Crippen molar-refractivity contribution in [3.63, 3.8) is 0 Å². The molecular weight excluding hydrogens is 396 g/mol. The predicted octanol–water partition coefficient (Wildman–Crippen LogP) is 6.84. The lowest BCUT2D eigenvalue weighted by atomic mass is 9.76. The summed E-state index contributed by atoms with van der Waals surface area (Å²) in [5, 5.41) is 2.40. The molecular formula is C25H17BrO. The Kier molecular flexibility index (Phi) is 3.89. The quantitative estimate of drug-likeness (QED) is 0.430. The third kappa shape index (κ3) is 2.70. The monoisotopic (exact) mass is 412 g/mol. The van der Waals surface area contributed by atoms with Crippen molar-refractivity contribution in [1.29, 1.82) is 0 Å². The molecule has 0 unspecified atom stereocenters. The minimum absolute atomic E-state index is 0.552. The van der Waals surface area contributed by atoms with Crippen molar-refractivity contribution in [3.8, 4) is 5.75 Å². The molecule has 2 aliphatic carbocycles. The summed E-state index contributed by atoms with van der Waals surface area (Å²) in [6, 6.07) is 10.5. The first kappa shape index (κ1) is 16.4. The van der Waals surface area contributed by atoms with Crippen LogP contribution in [0.15, 0.2) is 106 Å². The van der Waals surface area contributed by atoms with Gasteiger partial charge in [0.2, 0.25) is 0 Å². The Hall–Kier alpha value is -2.80. The molecule has 0 aromatic heterocycles. The Labute approximate surface area is 167 Å². The number of allylic oxidation sites excluding steroid dienone is 6. The molecule has 5 rings (SSSR count). The van der Waals surface area contributed by atoms with Crippen molar-refractivity contribution in [1.82, 2.24) is 0 Å². The largest absolute Gasteiger partial charge is 0.472 e. The molecule has 1 spiro atoms. The van der Waals surface area contributed by atoms with Gasteiger partial charge >= 0.3 is 0 Å². The predicted molar refractivity (Wildman–Crippen MR) is 116 cm³/mol. The second kappa shape index (κ2) is 6.42. The molecule has 1 aliphatic heterocycles. The Balaban J connectivity index is 1.60. The molecule has 130 valence electrons. The van der Waals surface area contributed by atoms with Crippen molar-refractivity contribution in [2.24, 2.45) is 0 Å². The van der Waals surface area contributed by atoms with Crippen LogP contribution in [0, 0.1) is 0 Å². The van der Waals surface area contributed by atoms with Gasteiger partial charge in [-0.25, -0.2) is 0 Å².